The predicted octanol–water partition coefficient (Wildman–Crippen LogP) is 3.69. The molecule has 2 N–H and O–H groups in total. The summed E-state index contributed by atoms with van der Waals surface area (Å²) >= 11 is 0. The van der Waals surface area contributed by atoms with E-state index in [0.717, 1.165) is 11.3 Å². The van der Waals surface area contributed by atoms with E-state index >= 15 is 0 Å². The number of rotatable bonds is 3. The summed E-state index contributed by atoms with van der Waals surface area (Å²) in [6, 6.07) is 16.1. The molecule has 0 aliphatic rings. The number of hydrogen-bond donors (Lipinski definition) is 2. The fraction of sp³-hybridized carbons (Fsp3) is 0.0625. The van der Waals surface area contributed by atoms with Crippen molar-refractivity contribution in [3.05, 3.63) is 60.5 Å². The topological polar surface area (TPSA) is 80.0 Å². The largest absolute Gasteiger partial charge is 0.421 e. The zero-order valence-corrected chi connectivity index (χ0v) is 11.9. The number of hydrogen-bond acceptors (Lipinski definition) is 4. The van der Waals surface area contributed by atoms with Crippen molar-refractivity contribution in [2.75, 3.05) is 10.6 Å². The number of carbonyl (C=O) groups is 1. The summed E-state index contributed by atoms with van der Waals surface area (Å²) in [7, 11) is 0. The maximum atomic E-state index is 11.9. The molecule has 0 fully saturated rings. The highest BCUT2D eigenvalue weighted by molar-refractivity contribution is 5.99. The van der Waals surface area contributed by atoms with Gasteiger partial charge in [-0.15, -0.1) is 10.2 Å². The minimum atomic E-state index is -0.299. The van der Waals surface area contributed by atoms with Crippen LogP contribution in [0.3, 0.4) is 0 Å². The van der Waals surface area contributed by atoms with Gasteiger partial charge in [-0.05, 0) is 36.4 Å². The molecule has 0 bridgehead atoms. The van der Waals surface area contributed by atoms with E-state index in [1.54, 1.807) is 19.1 Å². The number of urea groups is 1. The van der Waals surface area contributed by atoms with Gasteiger partial charge < -0.3 is 15.1 Å². The number of aromatic nitrogens is 2. The second kappa shape index (κ2) is 6.09. The fourth-order valence-electron chi connectivity index (χ4n) is 1.92. The molecular formula is C16H14N4O2. The van der Waals surface area contributed by atoms with E-state index in [-0.39, 0.29) is 6.03 Å². The Labute approximate surface area is 127 Å². The van der Waals surface area contributed by atoms with Gasteiger partial charge in [0.15, 0.2) is 0 Å². The van der Waals surface area contributed by atoms with Crippen molar-refractivity contribution >= 4 is 17.4 Å². The highest BCUT2D eigenvalue weighted by Crippen LogP contribution is 2.20. The molecule has 0 aliphatic heterocycles. The van der Waals surface area contributed by atoms with Gasteiger partial charge in [0.2, 0.25) is 11.8 Å². The molecule has 0 unspecified atom stereocenters. The molecule has 22 heavy (non-hydrogen) atoms. The number of amides is 2. The summed E-state index contributed by atoms with van der Waals surface area (Å²) < 4.78 is 5.35. The third-order valence-corrected chi connectivity index (χ3v) is 2.95. The summed E-state index contributed by atoms with van der Waals surface area (Å²) in [5.74, 6) is 0.970. The van der Waals surface area contributed by atoms with E-state index in [9.17, 15) is 4.79 Å². The smallest absolute Gasteiger partial charge is 0.323 e. The number of anilines is 2. The summed E-state index contributed by atoms with van der Waals surface area (Å²) in [5.41, 5.74) is 2.21. The fourth-order valence-corrected chi connectivity index (χ4v) is 1.92. The molecule has 0 spiro atoms. The second-order valence-corrected chi connectivity index (χ2v) is 4.65. The maximum absolute atomic E-state index is 11.9. The second-order valence-electron chi connectivity index (χ2n) is 4.65. The summed E-state index contributed by atoms with van der Waals surface area (Å²) in [6.45, 7) is 1.74. The predicted molar refractivity (Wildman–Crippen MR) is 83.6 cm³/mol. The first-order valence-corrected chi connectivity index (χ1v) is 6.74. The molecule has 3 rings (SSSR count). The van der Waals surface area contributed by atoms with Crippen LogP contribution >= 0.6 is 0 Å². The summed E-state index contributed by atoms with van der Waals surface area (Å²) in [4.78, 5) is 11.9. The van der Waals surface area contributed by atoms with E-state index < -0.39 is 0 Å². The Balaban J connectivity index is 1.65. The molecule has 0 radical (unpaired) electrons. The van der Waals surface area contributed by atoms with E-state index in [2.05, 4.69) is 20.8 Å². The van der Waals surface area contributed by atoms with Crippen LogP contribution in [0.2, 0.25) is 0 Å². The third kappa shape index (κ3) is 3.29. The lowest BCUT2D eigenvalue weighted by Gasteiger charge is -2.07. The average Bonchev–Trinajstić information content (AvgIpc) is 2.95. The van der Waals surface area contributed by atoms with Crippen molar-refractivity contribution in [3.8, 4) is 11.5 Å². The third-order valence-electron chi connectivity index (χ3n) is 2.95. The Bertz CT molecular complexity index is 766. The van der Waals surface area contributed by atoms with Gasteiger partial charge in [-0.2, -0.15) is 0 Å². The minimum absolute atomic E-state index is 0.299. The number of carbonyl (C=O) groups excluding carboxylic acids is 1. The van der Waals surface area contributed by atoms with Gasteiger partial charge in [0.25, 0.3) is 0 Å². The standard InChI is InChI=1S/C16H14N4O2/c1-11-19-20-15(22-11)12-7-9-14(10-8-12)18-16(21)17-13-5-3-2-4-6-13/h2-10H,1H3,(H2,17,18,21). The number of nitrogens with zero attached hydrogens (tertiary/aromatic N) is 2. The Kier molecular flexibility index (Phi) is 3.82. The van der Waals surface area contributed by atoms with E-state index in [1.807, 2.05) is 42.5 Å². The Hall–Kier alpha value is -3.15. The van der Waals surface area contributed by atoms with Gasteiger partial charge >= 0.3 is 6.03 Å². The Morgan fingerprint density at radius 2 is 1.55 bits per heavy atom. The van der Waals surface area contributed by atoms with Gasteiger partial charge in [-0.25, -0.2) is 4.79 Å². The van der Waals surface area contributed by atoms with Crippen molar-refractivity contribution in [3.63, 3.8) is 0 Å². The highest BCUT2D eigenvalue weighted by atomic mass is 16.4. The molecular weight excluding hydrogens is 280 g/mol. The molecule has 0 saturated carbocycles. The van der Waals surface area contributed by atoms with Crippen molar-refractivity contribution in [2.24, 2.45) is 0 Å². The van der Waals surface area contributed by atoms with Crippen molar-refractivity contribution in [1.29, 1.82) is 0 Å². The van der Waals surface area contributed by atoms with Gasteiger partial charge in [0, 0.05) is 23.9 Å². The van der Waals surface area contributed by atoms with Crippen molar-refractivity contribution in [1.82, 2.24) is 10.2 Å². The molecule has 1 aromatic heterocycles. The monoisotopic (exact) mass is 294 g/mol. The Morgan fingerprint density at radius 3 is 2.14 bits per heavy atom. The first-order chi connectivity index (χ1) is 10.7. The molecule has 0 saturated heterocycles. The van der Waals surface area contributed by atoms with Gasteiger partial charge in [0.1, 0.15) is 0 Å². The molecule has 2 amide bonds. The molecule has 3 aromatic rings. The van der Waals surface area contributed by atoms with Crippen LogP contribution in [-0.4, -0.2) is 16.2 Å². The van der Waals surface area contributed by atoms with Crippen LogP contribution in [0.1, 0.15) is 5.89 Å². The molecule has 6 nitrogen and oxygen atoms in total. The molecule has 110 valence electrons. The zero-order chi connectivity index (χ0) is 15.4. The summed E-state index contributed by atoms with van der Waals surface area (Å²) in [5, 5.41) is 13.2. The van der Waals surface area contributed by atoms with Crippen molar-refractivity contribution in [2.45, 2.75) is 6.92 Å². The Morgan fingerprint density at radius 1 is 0.909 bits per heavy atom. The van der Waals surface area contributed by atoms with Crippen molar-refractivity contribution < 1.29 is 9.21 Å². The first-order valence-electron chi connectivity index (χ1n) is 6.74. The number of para-hydroxylation sites is 1. The number of nitrogens with one attached hydrogen (secondary N) is 2. The minimum Gasteiger partial charge on any atom is -0.421 e. The van der Waals surface area contributed by atoms with E-state index in [0.29, 0.717) is 17.5 Å². The van der Waals surface area contributed by atoms with Crippen LogP contribution < -0.4 is 10.6 Å². The van der Waals surface area contributed by atoms with E-state index in [4.69, 9.17) is 4.42 Å². The SMILES string of the molecule is Cc1nnc(-c2ccc(NC(=O)Nc3ccccc3)cc2)o1. The number of benzene rings is 2. The van der Waals surface area contributed by atoms with Crippen LogP contribution in [0.5, 0.6) is 0 Å². The first kappa shape index (κ1) is 13.8. The van der Waals surface area contributed by atoms with Crippen LogP contribution in [0.15, 0.2) is 59.0 Å². The maximum Gasteiger partial charge on any atom is 0.323 e. The molecule has 1 heterocycles. The van der Waals surface area contributed by atoms with Gasteiger partial charge in [-0.1, -0.05) is 18.2 Å². The van der Waals surface area contributed by atoms with Crippen LogP contribution in [0, 0.1) is 6.92 Å². The lowest BCUT2D eigenvalue weighted by Crippen LogP contribution is -2.19. The average molecular weight is 294 g/mol. The number of aryl methyl sites for hydroxylation is 1. The molecule has 0 aliphatic carbocycles. The molecule has 2 aromatic carbocycles. The quantitative estimate of drug-likeness (QED) is 0.772. The molecule has 0 atom stereocenters. The van der Waals surface area contributed by atoms with Gasteiger partial charge in [-0.3, -0.25) is 0 Å². The van der Waals surface area contributed by atoms with Gasteiger partial charge in [0.05, 0.1) is 0 Å². The van der Waals surface area contributed by atoms with Crippen LogP contribution in [-0.2, 0) is 0 Å². The highest BCUT2D eigenvalue weighted by Gasteiger charge is 2.07. The lowest BCUT2D eigenvalue weighted by atomic mass is 10.2. The van der Waals surface area contributed by atoms with Crippen LogP contribution in [0.25, 0.3) is 11.5 Å². The zero-order valence-electron chi connectivity index (χ0n) is 11.9. The van der Waals surface area contributed by atoms with Crippen LogP contribution in [0.4, 0.5) is 16.2 Å². The lowest BCUT2D eigenvalue weighted by molar-refractivity contribution is 0.262. The molecule has 6 heteroatoms. The normalized spacial score (nSPS) is 10.2. The van der Waals surface area contributed by atoms with E-state index in [1.165, 1.54) is 0 Å². The summed E-state index contributed by atoms with van der Waals surface area (Å²) in [6.07, 6.45) is 0.